The molecule has 0 bridgehead atoms. The van der Waals surface area contributed by atoms with Crippen LogP contribution in [0.25, 0.3) is 5.57 Å². The van der Waals surface area contributed by atoms with Crippen LogP contribution in [0.1, 0.15) is 49.7 Å². The fourth-order valence-corrected chi connectivity index (χ4v) is 5.94. The van der Waals surface area contributed by atoms with Crippen molar-refractivity contribution in [1.29, 1.82) is 0 Å². The van der Waals surface area contributed by atoms with Crippen molar-refractivity contribution in [3.8, 4) is 11.5 Å². The SMILES string of the molecule is COc1ccc(N2C(=S)N[C@@H](c3ccccn3)[C@H]2c2cc3c(cc2Cl)N(C)C(C)(C)C=C3C)c(OC)c1. The van der Waals surface area contributed by atoms with E-state index in [1.54, 1.807) is 20.4 Å². The number of benzene rings is 2. The molecule has 2 atom stereocenters. The zero-order chi connectivity index (χ0) is 26.5. The third-order valence-corrected chi connectivity index (χ3v) is 8.04. The number of methoxy groups -OCH3 is 2. The lowest BCUT2D eigenvalue weighted by molar-refractivity contribution is 0.394. The summed E-state index contributed by atoms with van der Waals surface area (Å²) in [6.45, 7) is 6.56. The number of ether oxygens (including phenoxy) is 2. The Bertz CT molecular complexity index is 1390. The van der Waals surface area contributed by atoms with E-state index in [-0.39, 0.29) is 17.6 Å². The van der Waals surface area contributed by atoms with E-state index in [9.17, 15) is 0 Å². The fourth-order valence-electron chi connectivity index (χ4n) is 5.33. The second-order valence-electron chi connectivity index (χ2n) is 9.97. The van der Waals surface area contributed by atoms with E-state index in [0.29, 0.717) is 21.6 Å². The molecule has 3 aromatic rings. The van der Waals surface area contributed by atoms with E-state index < -0.39 is 0 Å². The van der Waals surface area contributed by atoms with Crippen LogP contribution in [0.3, 0.4) is 0 Å². The highest BCUT2D eigenvalue weighted by Crippen LogP contribution is 2.49. The standard InChI is InChI=1S/C29H31ClN4O2S/c1-17-16-29(2,3)33(4)24-15-21(30)20(14-19(17)24)27-26(22-9-7-8-12-31-22)32-28(37)34(27)23-11-10-18(35-5)13-25(23)36-6/h7-16,26-27H,1-6H3,(H,32,37)/t26-,27+/m0/s1. The molecule has 1 saturated heterocycles. The van der Waals surface area contributed by atoms with E-state index in [1.165, 1.54) is 5.57 Å². The number of rotatable bonds is 5. The van der Waals surface area contributed by atoms with Crippen molar-refractivity contribution in [1.82, 2.24) is 10.3 Å². The number of allylic oxidation sites excluding steroid dienone is 1. The van der Waals surface area contributed by atoms with Gasteiger partial charge in [-0.2, -0.15) is 0 Å². The molecule has 192 valence electrons. The molecule has 0 aliphatic carbocycles. The van der Waals surface area contributed by atoms with Gasteiger partial charge in [-0.05, 0) is 80.5 Å². The van der Waals surface area contributed by atoms with Crippen molar-refractivity contribution >= 4 is 45.9 Å². The highest BCUT2D eigenvalue weighted by atomic mass is 35.5. The number of nitrogens with zero attached hydrogens (tertiary/aromatic N) is 3. The molecule has 1 N–H and O–H groups in total. The second kappa shape index (κ2) is 9.54. The minimum Gasteiger partial charge on any atom is -0.497 e. The Morgan fingerprint density at radius 3 is 2.51 bits per heavy atom. The number of hydrogen-bond acceptors (Lipinski definition) is 5. The van der Waals surface area contributed by atoms with Gasteiger partial charge in [-0.1, -0.05) is 23.7 Å². The molecular formula is C29H31ClN4O2S. The first-order chi connectivity index (χ1) is 17.7. The molecule has 0 spiro atoms. The third kappa shape index (κ3) is 4.30. The highest BCUT2D eigenvalue weighted by molar-refractivity contribution is 7.80. The first kappa shape index (κ1) is 25.4. The van der Waals surface area contributed by atoms with Gasteiger partial charge in [-0.25, -0.2) is 0 Å². The molecule has 8 heteroatoms. The van der Waals surface area contributed by atoms with Crippen molar-refractivity contribution in [2.75, 3.05) is 31.1 Å². The molecule has 0 amide bonds. The predicted molar refractivity (Wildman–Crippen MR) is 155 cm³/mol. The van der Waals surface area contributed by atoms with Gasteiger partial charge in [0.2, 0.25) is 0 Å². The summed E-state index contributed by atoms with van der Waals surface area (Å²) in [5, 5.41) is 4.76. The van der Waals surface area contributed by atoms with Gasteiger partial charge in [-0.3, -0.25) is 4.98 Å². The van der Waals surface area contributed by atoms with Crippen molar-refractivity contribution < 1.29 is 9.47 Å². The Balaban J connectivity index is 1.72. The monoisotopic (exact) mass is 534 g/mol. The maximum atomic E-state index is 7.11. The lowest BCUT2D eigenvalue weighted by atomic mass is 9.86. The number of fused-ring (bicyclic) bond motifs is 1. The van der Waals surface area contributed by atoms with Crippen LogP contribution in [0.15, 0.2) is 60.8 Å². The number of anilines is 2. The molecule has 37 heavy (non-hydrogen) atoms. The third-order valence-electron chi connectivity index (χ3n) is 7.40. The quantitative estimate of drug-likeness (QED) is 0.372. The van der Waals surface area contributed by atoms with Gasteiger partial charge in [0.25, 0.3) is 0 Å². The summed E-state index contributed by atoms with van der Waals surface area (Å²) in [7, 11) is 5.39. The number of aromatic nitrogens is 1. The van der Waals surface area contributed by atoms with E-state index in [4.69, 9.17) is 33.3 Å². The Kier molecular flexibility index (Phi) is 6.54. The largest absolute Gasteiger partial charge is 0.497 e. The maximum absolute atomic E-state index is 7.11. The summed E-state index contributed by atoms with van der Waals surface area (Å²) in [6, 6.07) is 15.4. The normalized spacial score (nSPS) is 20.3. The summed E-state index contributed by atoms with van der Waals surface area (Å²) in [4.78, 5) is 9.02. The Morgan fingerprint density at radius 2 is 1.84 bits per heavy atom. The van der Waals surface area contributed by atoms with Gasteiger partial charge >= 0.3 is 0 Å². The summed E-state index contributed by atoms with van der Waals surface area (Å²) >= 11 is 13.0. The molecule has 6 nitrogen and oxygen atoms in total. The average molecular weight is 535 g/mol. The van der Waals surface area contributed by atoms with Crippen molar-refractivity contribution in [2.45, 2.75) is 38.4 Å². The molecule has 3 heterocycles. The Hall–Kier alpha value is -3.29. The van der Waals surface area contributed by atoms with E-state index >= 15 is 0 Å². The summed E-state index contributed by atoms with van der Waals surface area (Å²) < 4.78 is 11.2. The topological polar surface area (TPSA) is 49.9 Å². The van der Waals surface area contributed by atoms with E-state index in [0.717, 1.165) is 28.2 Å². The number of thiocarbonyl (C=S) groups is 1. The van der Waals surface area contributed by atoms with Crippen LogP contribution >= 0.6 is 23.8 Å². The van der Waals surface area contributed by atoms with E-state index in [1.807, 2.05) is 36.4 Å². The van der Waals surface area contributed by atoms with Gasteiger partial charge in [0, 0.05) is 35.6 Å². The zero-order valence-corrected chi connectivity index (χ0v) is 23.4. The Morgan fingerprint density at radius 1 is 1.05 bits per heavy atom. The van der Waals surface area contributed by atoms with Gasteiger partial charge < -0.3 is 24.6 Å². The molecule has 0 radical (unpaired) electrons. The molecule has 2 aliphatic rings. The van der Waals surface area contributed by atoms with Crippen LogP contribution in [0.5, 0.6) is 11.5 Å². The molecular weight excluding hydrogens is 504 g/mol. The summed E-state index contributed by atoms with van der Waals surface area (Å²) in [6.07, 6.45) is 4.09. The van der Waals surface area contributed by atoms with Gasteiger partial charge in [0.1, 0.15) is 11.5 Å². The Labute approximate surface area is 228 Å². The molecule has 1 aromatic heterocycles. The number of nitrogens with one attached hydrogen (secondary N) is 1. The number of pyridine rings is 1. The van der Waals surface area contributed by atoms with Crippen LogP contribution in [0.2, 0.25) is 5.02 Å². The van der Waals surface area contributed by atoms with Crippen molar-refractivity contribution in [2.24, 2.45) is 0 Å². The smallest absolute Gasteiger partial charge is 0.174 e. The fraction of sp³-hybridized carbons (Fsp3) is 0.310. The van der Waals surface area contributed by atoms with Gasteiger partial charge in [0.15, 0.2) is 5.11 Å². The minimum absolute atomic E-state index is 0.114. The van der Waals surface area contributed by atoms with Crippen molar-refractivity contribution in [3.63, 3.8) is 0 Å². The van der Waals surface area contributed by atoms with Gasteiger partial charge in [-0.15, -0.1) is 0 Å². The lowest BCUT2D eigenvalue weighted by Crippen LogP contribution is -2.42. The first-order valence-corrected chi connectivity index (χ1v) is 12.9. The maximum Gasteiger partial charge on any atom is 0.174 e. The highest BCUT2D eigenvalue weighted by Gasteiger charge is 2.43. The molecule has 0 saturated carbocycles. The van der Waals surface area contributed by atoms with Crippen LogP contribution in [0.4, 0.5) is 11.4 Å². The predicted octanol–water partition coefficient (Wildman–Crippen LogP) is 6.56. The van der Waals surface area contributed by atoms with Crippen LogP contribution in [-0.2, 0) is 0 Å². The molecule has 2 aliphatic heterocycles. The van der Waals surface area contributed by atoms with Gasteiger partial charge in [0.05, 0.1) is 43.2 Å². The number of halogens is 1. The number of likely N-dealkylation sites (N-methyl/N-ethyl adjacent to an activating group) is 1. The summed E-state index contributed by atoms with van der Waals surface area (Å²) in [5.41, 5.74) is 6.02. The van der Waals surface area contributed by atoms with Crippen LogP contribution in [0, 0.1) is 0 Å². The molecule has 1 fully saturated rings. The average Bonchev–Trinajstić information content (AvgIpc) is 3.23. The van der Waals surface area contributed by atoms with E-state index in [2.05, 4.69) is 66.1 Å². The van der Waals surface area contributed by atoms with Crippen LogP contribution in [-0.4, -0.2) is 36.9 Å². The number of hydrogen-bond donors (Lipinski definition) is 1. The summed E-state index contributed by atoms with van der Waals surface area (Å²) in [5.74, 6) is 1.36. The second-order valence-corrected chi connectivity index (χ2v) is 10.8. The first-order valence-electron chi connectivity index (χ1n) is 12.2. The van der Waals surface area contributed by atoms with Crippen molar-refractivity contribution in [3.05, 3.63) is 82.6 Å². The molecule has 5 rings (SSSR count). The van der Waals surface area contributed by atoms with Crippen LogP contribution < -0.4 is 24.6 Å². The lowest BCUT2D eigenvalue weighted by Gasteiger charge is -2.41. The molecule has 2 aromatic carbocycles. The molecule has 0 unspecified atom stereocenters. The zero-order valence-electron chi connectivity index (χ0n) is 21.9. The minimum atomic E-state index is -0.268.